The molecule has 1 spiro atoms. The van der Waals surface area contributed by atoms with Gasteiger partial charge < -0.3 is 29.7 Å². The van der Waals surface area contributed by atoms with Crippen molar-refractivity contribution in [2.24, 2.45) is 0 Å². The Morgan fingerprint density at radius 3 is 2.71 bits per heavy atom. The van der Waals surface area contributed by atoms with Crippen molar-refractivity contribution in [3.63, 3.8) is 0 Å². The minimum Gasteiger partial charge on any atom is -0.481 e. The summed E-state index contributed by atoms with van der Waals surface area (Å²) in [5.41, 5.74) is 0.873. The van der Waals surface area contributed by atoms with Crippen LogP contribution in [0.3, 0.4) is 0 Å². The predicted octanol–water partition coefficient (Wildman–Crippen LogP) is 2.51. The molecule has 2 aliphatic heterocycles. The fourth-order valence-corrected chi connectivity index (χ4v) is 6.14. The molecule has 0 aromatic heterocycles. The molecule has 1 saturated heterocycles. The number of hydrogen-bond acceptors (Lipinski definition) is 7. The largest absolute Gasteiger partial charge is 0.481 e. The fourth-order valence-electron chi connectivity index (χ4n) is 6.14. The van der Waals surface area contributed by atoms with Crippen LogP contribution in [0.4, 0.5) is 0 Å². The molecule has 180 valence electrons. The number of nitrogens with zero attached hydrogens (tertiary/aromatic N) is 1. The van der Waals surface area contributed by atoms with Crippen LogP contribution in [0.15, 0.2) is 54.3 Å². The summed E-state index contributed by atoms with van der Waals surface area (Å²) in [4.78, 5) is 15.1. The molecule has 0 unspecified atom stereocenters. The van der Waals surface area contributed by atoms with Gasteiger partial charge in [-0.1, -0.05) is 42.5 Å². The van der Waals surface area contributed by atoms with Gasteiger partial charge in [-0.3, -0.25) is 0 Å². The molecule has 2 aromatic carbocycles. The van der Waals surface area contributed by atoms with E-state index in [2.05, 4.69) is 4.90 Å². The molecule has 7 nitrogen and oxygen atoms in total. The van der Waals surface area contributed by atoms with E-state index in [9.17, 15) is 20.1 Å². The number of esters is 1. The van der Waals surface area contributed by atoms with Gasteiger partial charge in [-0.25, -0.2) is 4.79 Å². The number of rotatable bonds is 4. The lowest BCUT2D eigenvalue weighted by molar-refractivity contribution is -0.166. The molecule has 1 fully saturated rings. The topological polar surface area (TPSA) is 99.5 Å². The van der Waals surface area contributed by atoms with E-state index >= 15 is 0 Å². The van der Waals surface area contributed by atoms with E-state index in [-0.39, 0.29) is 19.1 Å². The number of fused-ring (bicyclic) bond motifs is 1. The number of likely N-dealkylation sites (N-methyl/N-ethyl adjacent to an activating group) is 1. The molecule has 5 atom stereocenters. The maximum atomic E-state index is 12.9. The quantitative estimate of drug-likeness (QED) is 0.597. The molecule has 1 aliphatic carbocycles. The van der Waals surface area contributed by atoms with Crippen molar-refractivity contribution in [3.8, 4) is 5.75 Å². The Bertz CT molecular complexity index is 1150. The van der Waals surface area contributed by atoms with Gasteiger partial charge >= 0.3 is 5.97 Å². The highest BCUT2D eigenvalue weighted by molar-refractivity contribution is 5.77. The van der Waals surface area contributed by atoms with Gasteiger partial charge in [-0.15, -0.1) is 0 Å². The first-order chi connectivity index (χ1) is 16.2. The van der Waals surface area contributed by atoms with Crippen LogP contribution in [0.25, 0.3) is 0 Å². The molecule has 7 heteroatoms. The SMILES string of the molecule is Cc1ccc(CO)c2c1[C@]13CCN(C)[C@H](C)[C@]1(O)CC=C(OC(=O)[C@@H](O)c1ccccc1)[C@@H]3O2. The van der Waals surface area contributed by atoms with Crippen molar-refractivity contribution in [2.75, 3.05) is 13.6 Å². The first kappa shape index (κ1) is 23.1. The summed E-state index contributed by atoms with van der Waals surface area (Å²) in [6.07, 6.45) is 0.386. The Kier molecular flexibility index (Phi) is 5.56. The normalized spacial score (nSPS) is 30.9. The zero-order valence-electron chi connectivity index (χ0n) is 19.7. The smallest absolute Gasteiger partial charge is 0.344 e. The van der Waals surface area contributed by atoms with Crippen molar-refractivity contribution < 1.29 is 29.6 Å². The van der Waals surface area contributed by atoms with Crippen molar-refractivity contribution in [3.05, 3.63) is 76.6 Å². The monoisotopic (exact) mass is 465 g/mol. The number of aliphatic hydroxyl groups excluding tert-OH is 2. The van der Waals surface area contributed by atoms with Crippen molar-refractivity contribution in [1.82, 2.24) is 4.90 Å². The number of carbonyl (C=O) groups is 1. The molecule has 0 bridgehead atoms. The second kappa shape index (κ2) is 8.20. The lowest BCUT2D eigenvalue weighted by Gasteiger charge is -2.58. The maximum absolute atomic E-state index is 12.9. The molecule has 2 heterocycles. The highest BCUT2D eigenvalue weighted by Crippen LogP contribution is 2.61. The summed E-state index contributed by atoms with van der Waals surface area (Å²) in [6.45, 7) is 4.50. The summed E-state index contributed by atoms with van der Waals surface area (Å²) in [7, 11) is 1.99. The summed E-state index contributed by atoms with van der Waals surface area (Å²) in [5.74, 6) is 0.0497. The third-order valence-electron chi connectivity index (χ3n) is 8.16. The van der Waals surface area contributed by atoms with E-state index in [1.807, 2.05) is 39.1 Å². The first-order valence-corrected chi connectivity index (χ1v) is 11.7. The average Bonchev–Trinajstić information content (AvgIpc) is 3.21. The Morgan fingerprint density at radius 1 is 1.26 bits per heavy atom. The molecule has 0 radical (unpaired) electrons. The number of aryl methyl sites for hydroxylation is 1. The lowest BCUT2D eigenvalue weighted by Crippen LogP contribution is -2.71. The van der Waals surface area contributed by atoms with Crippen LogP contribution in [-0.2, 0) is 21.6 Å². The minimum absolute atomic E-state index is 0.182. The van der Waals surface area contributed by atoms with Crippen LogP contribution in [0.2, 0.25) is 0 Å². The highest BCUT2D eigenvalue weighted by atomic mass is 16.6. The van der Waals surface area contributed by atoms with Crippen LogP contribution in [-0.4, -0.2) is 57.5 Å². The molecule has 3 aliphatic rings. The Hall–Kier alpha value is -2.71. The second-order valence-corrected chi connectivity index (χ2v) is 9.75. The molecule has 5 rings (SSSR count). The van der Waals surface area contributed by atoms with E-state index < -0.39 is 29.2 Å². The molecule has 34 heavy (non-hydrogen) atoms. The Labute approximate surface area is 199 Å². The zero-order chi connectivity index (χ0) is 24.3. The number of likely N-dealkylation sites (tertiary alicyclic amines) is 1. The van der Waals surface area contributed by atoms with E-state index in [0.29, 0.717) is 29.1 Å². The van der Waals surface area contributed by atoms with Gasteiger partial charge in [0.05, 0.1) is 17.6 Å². The van der Waals surface area contributed by atoms with Gasteiger partial charge in [-0.05, 0) is 51.1 Å². The molecule has 0 saturated carbocycles. The molecular formula is C27H31NO6. The Balaban J connectivity index is 1.60. The third kappa shape index (κ3) is 3.08. The average molecular weight is 466 g/mol. The van der Waals surface area contributed by atoms with Crippen molar-refractivity contribution in [2.45, 2.75) is 62.6 Å². The van der Waals surface area contributed by atoms with E-state index in [0.717, 1.165) is 17.7 Å². The van der Waals surface area contributed by atoms with Crippen molar-refractivity contribution >= 4 is 5.97 Å². The first-order valence-electron chi connectivity index (χ1n) is 11.7. The van der Waals surface area contributed by atoms with Gasteiger partial charge in [-0.2, -0.15) is 0 Å². The number of carbonyl (C=O) groups excluding carboxylic acids is 1. The van der Waals surface area contributed by atoms with Gasteiger partial charge in [0, 0.05) is 23.6 Å². The van der Waals surface area contributed by atoms with Crippen LogP contribution >= 0.6 is 0 Å². The minimum atomic E-state index is -1.44. The standard InChI is InChI=1S/C27H31NO6/c1-16-9-10-19(15-29)23-21(16)26-13-14-28(3)17(2)27(26,32)12-11-20(24(26)34-23)33-25(31)22(30)18-7-5-4-6-8-18/h4-11,17,22,24,29-30,32H,12-15H2,1-3H3/t17-,22+,24+,26+,27-/m1/s1. The van der Waals surface area contributed by atoms with Gasteiger partial charge in [0.15, 0.2) is 12.2 Å². The Morgan fingerprint density at radius 2 is 2.00 bits per heavy atom. The number of aliphatic hydroxyl groups is 3. The predicted molar refractivity (Wildman–Crippen MR) is 125 cm³/mol. The number of piperidine rings is 1. The van der Waals surface area contributed by atoms with Gasteiger partial charge in [0.1, 0.15) is 11.5 Å². The lowest BCUT2D eigenvalue weighted by atomic mass is 9.54. The number of ether oxygens (including phenoxy) is 2. The van der Waals surface area contributed by atoms with E-state index in [1.165, 1.54) is 0 Å². The highest BCUT2D eigenvalue weighted by Gasteiger charge is 2.69. The van der Waals surface area contributed by atoms with Crippen molar-refractivity contribution in [1.29, 1.82) is 0 Å². The van der Waals surface area contributed by atoms with E-state index in [4.69, 9.17) is 9.47 Å². The summed E-state index contributed by atoms with van der Waals surface area (Å²) >= 11 is 0. The zero-order valence-corrected chi connectivity index (χ0v) is 19.7. The van der Waals surface area contributed by atoms with E-state index in [1.54, 1.807) is 30.3 Å². The van der Waals surface area contributed by atoms with Gasteiger partial charge in [0.2, 0.25) is 0 Å². The number of benzene rings is 2. The molecule has 3 N–H and O–H groups in total. The molecule has 0 amide bonds. The molecular weight excluding hydrogens is 434 g/mol. The maximum Gasteiger partial charge on any atom is 0.344 e. The van der Waals surface area contributed by atoms with Crippen LogP contribution in [0.5, 0.6) is 5.75 Å². The van der Waals surface area contributed by atoms with Crippen LogP contribution in [0, 0.1) is 6.92 Å². The summed E-state index contributed by atoms with van der Waals surface area (Å²) < 4.78 is 12.2. The summed E-state index contributed by atoms with van der Waals surface area (Å²) in [5, 5.41) is 32.8. The summed E-state index contributed by atoms with van der Waals surface area (Å²) in [6, 6.07) is 12.2. The fraction of sp³-hybridized carbons (Fsp3) is 0.444. The van der Waals surface area contributed by atoms with Crippen LogP contribution in [0.1, 0.15) is 48.1 Å². The second-order valence-electron chi connectivity index (χ2n) is 9.75. The third-order valence-corrected chi connectivity index (χ3v) is 8.16. The van der Waals surface area contributed by atoms with Gasteiger partial charge in [0.25, 0.3) is 0 Å². The van der Waals surface area contributed by atoms with Crippen LogP contribution < -0.4 is 4.74 Å². The molecule has 2 aromatic rings. The number of hydrogen-bond donors (Lipinski definition) is 3.